The minimum absolute atomic E-state index is 0.121. The van der Waals surface area contributed by atoms with E-state index in [-0.39, 0.29) is 6.61 Å². The van der Waals surface area contributed by atoms with E-state index < -0.39 is 15.5 Å². The maximum absolute atomic E-state index is 10.7. The standard InChI is InChI=1S/C9H10Cl2O3S/c1-15(12,13)14-6-9(11)7-4-2-3-5-8(7)10/h2-5,9H,6H2,1H3. The minimum Gasteiger partial charge on any atom is -0.268 e. The number of hydrogen-bond donors (Lipinski definition) is 0. The van der Waals surface area contributed by atoms with Crippen LogP contribution in [-0.4, -0.2) is 21.3 Å². The normalized spacial score (nSPS) is 13.8. The van der Waals surface area contributed by atoms with Gasteiger partial charge in [0.2, 0.25) is 0 Å². The van der Waals surface area contributed by atoms with Crippen LogP contribution in [-0.2, 0) is 14.3 Å². The quantitative estimate of drug-likeness (QED) is 0.623. The molecule has 0 aliphatic carbocycles. The van der Waals surface area contributed by atoms with Crippen molar-refractivity contribution in [2.75, 3.05) is 12.9 Å². The zero-order valence-electron chi connectivity index (χ0n) is 7.98. The fraction of sp³-hybridized carbons (Fsp3) is 0.333. The number of rotatable bonds is 4. The van der Waals surface area contributed by atoms with Crippen LogP contribution >= 0.6 is 23.2 Å². The summed E-state index contributed by atoms with van der Waals surface area (Å²) in [5.74, 6) is 0. The summed E-state index contributed by atoms with van der Waals surface area (Å²) in [6.45, 7) is -0.121. The third-order valence-electron chi connectivity index (χ3n) is 1.67. The predicted molar refractivity (Wildman–Crippen MR) is 60.8 cm³/mol. The van der Waals surface area contributed by atoms with Gasteiger partial charge in [-0.15, -0.1) is 11.6 Å². The second kappa shape index (κ2) is 5.16. The smallest absolute Gasteiger partial charge is 0.264 e. The summed E-state index contributed by atoms with van der Waals surface area (Å²) >= 11 is 11.8. The summed E-state index contributed by atoms with van der Waals surface area (Å²) in [6, 6.07) is 6.96. The van der Waals surface area contributed by atoms with Crippen LogP contribution in [0, 0.1) is 0 Å². The van der Waals surface area contributed by atoms with Gasteiger partial charge in [-0.25, -0.2) is 0 Å². The molecule has 0 saturated heterocycles. The lowest BCUT2D eigenvalue weighted by Gasteiger charge is -2.10. The maximum atomic E-state index is 10.7. The zero-order valence-corrected chi connectivity index (χ0v) is 10.3. The molecule has 1 rings (SSSR count). The predicted octanol–water partition coefficient (Wildman–Crippen LogP) is 2.60. The van der Waals surface area contributed by atoms with E-state index in [1.165, 1.54) is 0 Å². The Balaban J connectivity index is 2.70. The first-order valence-corrected chi connectivity index (χ1v) is 6.76. The van der Waals surface area contributed by atoms with Crippen LogP contribution in [0.4, 0.5) is 0 Å². The SMILES string of the molecule is CS(=O)(=O)OCC(Cl)c1ccccc1Cl. The fourth-order valence-electron chi connectivity index (χ4n) is 1.00. The molecule has 1 atom stereocenters. The van der Waals surface area contributed by atoms with Crippen LogP contribution in [0.5, 0.6) is 0 Å². The van der Waals surface area contributed by atoms with E-state index in [4.69, 9.17) is 23.2 Å². The molecule has 0 radical (unpaired) electrons. The van der Waals surface area contributed by atoms with Crippen molar-refractivity contribution in [3.8, 4) is 0 Å². The highest BCUT2D eigenvalue weighted by Crippen LogP contribution is 2.27. The third-order valence-corrected chi connectivity index (χ3v) is 2.94. The molecule has 84 valence electrons. The Bertz CT molecular complexity index is 431. The summed E-state index contributed by atoms with van der Waals surface area (Å²) < 4.78 is 26.1. The van der Waals surface area contributed by atoms with Crippen LogP contribution in [0.1, 0.15) is 10.9 Å². The van der Waals surface area contributed by atoms with Crippen LogP contribution in [0.3, 0.4) is 0 Å². The number of benzene rings is 1. The lowest BCUT2D eigenvalue weighted by atomic mass is 10.1. The van der Waals surface area contributed by atoms with Crippen molar-refractivity contribution >= 4 is 33.3 Å². The van der Waals surface area contributed by atoms with Crippen molar-refractivity contribution in [2.45, 2.75) is 5.38 Å². The summed E-state index contributed by atoms with van der Waals surface area (Å²) in [6.07, 6.45) is 0.975. The molecular formula is C9H10Cl2O3S. The largest absolute Gasteiger partial charge is 0.268 e. The molecule has 1 aromatic rings. The maximum Gasteiger partial charge on any atom is 0.264 e. The van der Waals surface area contributed by atoms with Crippen molar-refractivity contribution in [3.05, 3.63) is 34.9 Å². The van der Waals surface area contributed by atoms with Crippen molar-refractivity contribution in [3.63, 3.8) is 0 Å². The Morgan fingerprint density at radius 3 is 2.53 bits per heavy atom. The molecule has 0 N–H and O–H groups in total. The van der Waals surface area contributed by atoms with Crippen LogP contribution in [0.15, 0.2) is 24.3 Å². The highest BCUT2D eigenvalue weighted by molar-refractivity contribution is 7.85. The lowest BCUT2D eigenvalue weighted by Crippen LogP contribution is -2.08. The van der Waals surface area contributed by atoms with Gasteiger partial charge in [0, 0.05) is 5.02 Å². The molecule has 0 fully saturated rings. The Hall–Kier alpha value is -0.290. The Morgan fingerprint density at radius 2 is 2.00 bits per heavy atom. The van der Waals surface area contributed by atoms with E-state index in [1.807, 2.05) is 0 Å². The Kier molecular flexibility index (Phi) is 4.40. The molecule has 15 heavy (non-hydrogen) atoms. The third kappa shape index (κ3) is 4.38. The summed E-state index contributed by atoms with van der Waals surface area (Å²) in [5, 5.41) is -0.0805. The second-order valence-corrected chi connectivity index (χ2v) is 5.56. The molecule has 0 amide bonds. The fourth-order valence-corrected chi connectivity index (χ4v) is 2.04. The lowest BCUT2D eigenvalue weighted by molar-refractivity contribution is 0.321. The van der Waals surface area contributed by atoms with E-state index >= 15 is 0 Å². The van der Waals surface area contributed by atoms with Crippen molar-refractivity contribution < 1.29 is 12.6 Å². The van der Waals surface area contributed by atoms with Gasteiger partial charge < -0.3 is 0 Å². The topological polar surface area (TPSA) is 43.4 Å². The van der Waals surface area contributed by atoms with E-state index in [0.29, 0.717) is 10.6 Å². The van der Waals surface area contributed by atoms with Crippen LogP contribution in [0.2, 0.25) is 5.02 Å². The highest BCUT2D eigenvalue weighted by atomic mass is 35.5. The van der Waals surface area contributed by atoms with Gasteiger partial charge in [0.1, 0.15) is 0 Å². The van der Waals surface area contributed by atoms with E-state index in [2.05, 4.69) is 4.18 Å². The van der Waals surface area contributed by atoms with Gasteiger partial charge in [0.15, 0.2) is 0 Å². The molecule has 0 saturated carbocycles. The molecule has 0 heterocycles. The van der Waals surface area contributed by atoms with Crippen molar-refractivity contribution in [1.29, 1.82) is 0 Å². The molecule has 1 aromatic carbocycles. The summed E-state index contributed by atoms with van der Waals surface area (Å²) in [7, 11) is -3.47. The Morgan fingerprint density at radius 1 is 1.40 bits per heavy atom. The van der Waals surface area contributed by atoms with E-state index in [1.54, 1.807) is 24.3 Å². The minimum atomic E-state index is -3.47. The van der Waals surface area contributed by atoms with Gasteiger partial charge >= 0.3 is 0 Å². The van der Waals surface area contributed by atoms with Gasteiger partial charge in [0.25, 0.3) is 10.1 Å². The van der Waals surface area contributed by atoms with E-state index in [0.717, 1.165) is 6.26 Å². The van der Waals surface area contributed by atoms with Gasteiger partial charge in [-0.2, -0.15) is 8.42 Å². The first-order chi connectivity index (χ1) is 6.90. The van der Waals surface area contributed by atoms with Gasteiger partial charge in [-0.1, -0.05) is 29.8 Å². The molecule has 0 aromatic heterocycles. The summed E-state index contributed by atoms with van der Waals surface area (Å²) in [4.78, 5) is 0. The van der Waals surface area contributed by atoms with Gasteiger partial charge in [-0.3, -0.25) is 4.18 Å². The van der Waals surface area contributed by atoms with Gasteiger partial charge in [0.05, 0.1) is 18.2 Å². The highest BCUT2D eigenvalue weighted by Gasteiger charge is 2.14. The molecule has 3 nitrogen and oxygen atoms in total. The molecule has 1 unspecified atom stereocenters. The van der Waals surface area contributed by atoms with Crippen molar-refractivity contribution in [2.24, 2.45) is 0 Å². The van der Waals surface area contributed by atoms with Crippen LogP contribution in [0.25, 0.3) is 0 Å². The van der Waals surface area contributed by atoms with Gasteiger partial charge in [-0.05, 0) is 11.6 Å². The zero-order chi connectivity index (χ0) is 11.5. The molecule has 6 heteroatoms. The molecule has 0 spiro atoms. The number of halogens is 2. The average Bonchev–Trinajstić information content (AvgIpc) is 2.14. The molecule has 0 aliphatic heterocycles. The van der Waals surface area contributed by atoms with Crippen molar-refractivity contribution in [1.82, 2.24) is 0 Å². The first-order valence-electron chi connectivity index (χ1n) is 4.13. The number of hydrogen-bond acceptors (Lipinski definition) is 3. The second-order valence-electron chi connectivity index (χ2n) is 2.98. The monoisotopic (exact) mass is 268 g/mol. The summed E-state index contributed by atoms with van der Waals surface area (Å²) in [5.41, 5.74) is 0.657. The average molecular weight is 269 g/mol. The molecule has 0 aliphatic rings. The van der Waals surface area contributed by atoms with Crippen LogP contribution < -0.4 is 0 Å². The number of alkyl halides is 1. The Labute approximate surface area is 99.1 Å². The first kappa shape index (κ1) is 12.8. The molecular weight excluding hydrogens is 259 g/mol. The van der Waals surface area contributed by atoms with E-state index in [9.17, 15) is 8.42 Å². The molecule has 0 bridgehead atoms.